The minimum atomic E-state index is -3.57. The van der Waals surface area contributed by atoms with E-state index in [0.717, 1.165) is 0 Å². The molecule has 0 heterocycles. The van der Waals surface area contributed by atoms with Crippen LogP contribution in [0, 0.1) is 0 Å². The van der Waals surface area contributed by atoms with Crippen LogP contribution in [-0.4, -0.2) is 37.4 Å². The first-order valence-electron chi connectivity index (χ1n) is 7.02. The second-order valence-corrected chi connectivity index (χ2v) is 7.11. The van der Waals surface area contributed by atoms with Gasteiger partial charge in [0.1, 0.15) is 0 Å². The number of hydrogen-bond donors (Lipinski definition) is 0. The van der Waals surface area contributed by atoms with E-state index < -0.39 is 16.0 Å². The van der Waals surface area contributed by atoms with E-state index in [9.17, 15) is 13.2 Å². The summed E-state index contributed by atoms with van der Waals surface area (Å²) in [6.45, 7) is 9.36. The molecule has 0 aliphatic heterocycles. The van der Waals surface area contributed by atoms with E-state index in [0.29, 0.717) is 5.56 Å². The topological polar surface area (TPSA) is 63.7 Å². The highest BCUT2D eigenvalue weighted by Gasteiger charge is 2.29. The van der Waals surface area contributed by atoms with Crippen molar-refractivity contribution in [2.45, 2.75) is 51.6 Å². The van der Waals surface area contributed by atoms with E-state index in [-0.39, 0.29) is 23.6 Å². The summed E-state index contributed by atoms with van der Waals surface area (Å²) in [5.74, 6) is -0.453. The van der Waals surface area contributed by atoms with Gasteiger partial charge in [-0.3, -0.25) is 0 Å². The molecule has 0 spiro atoms. The highest BCUT2D eigenvalue weighted by Crippen LogP contribution is 2.21. The van der Waals surface area contributed by atoms with Crippen molar-refractivity contribution in [2.24, 2.45) is 0 Å². The van der Waals surface area contributed by atoms with E-state index in [1.54, 1.807) is 6.92 Å². The highest BCUT2D eigenvalue weighted by atomic mass is 32.2. The van der Waals surface area contributed by atoms with Gasteiger partial charge >= 0.3 is 5.97 Å². The minimum absolute atomic E-state index is 0.139. The molecule has 118 valence electrons. The molecule has 1 aromatic rings. The monoisotopic (exact) mass is 313 g/mol. The zero-order valence-electron chi connectivity index (χ0n) is 13.2. The third-order valence-electron chi connectivity index (χ3n) is 2.96. The Hall–Kier alpha value is -1.40. The lowest BCUT2D eigenvalue weighted by atomic mass is 10.2. The van der Waals surface area contributed by atoms with E-state index >= 15 is 0 Å². The van der Waals surface area contributed by atoms with Crippen LogP contribution in [0.2, 0.25) is 0 Å². The fourth-order valence-corrected chi connectivity index (χ4v) is 4.08. The number of nitrogens with zero attached hydrogens (tertiary/aromatic N) is 1. The average molecular weight is 313 g/mol. The third-order valence-corrected chi connectivity index (χ3v) is 5.23. The van der Waals surface area contributed by atoms with Crippen molar-refractivity contribution in [3.8, 4) is 0 Å². The largest absolute Gasteiger partial charge is 0.462 e. The molecule has 0 aliphatic rings. The molecule has 0 N–H and O–H groups in total. The summed E-state index contributed by atoms with van der Waals surface area (Å²) >= 11 is 0. The fraction of sp³-hybridized carbons (Fsp3) is 0.533. The van der Waals surface area contributed by atoms with Gasteiger partial charge in [0, 0.05) is 12.1 Å². The van der Waals surface area contributed by atoms with Gasteiger partial charge in [-0.05, 0) is 58.9 Å². The molecule has 0 fully saturated rings. The van der Waals surface area contributed by atoms with Crippen LogP contribution in [0.15, 0.2) is 29.2 Å². The first kappa shape index (κ1) is 17.7. The van der Waals surface area contributed by atoms with Crippen LogP contribution in [-0.2, 0) is 14.8 Å². The Morgan fingerprint density at radius 2 is 1.57 bits per heavy atom. The molecule has 0 saturated carbocycles. The summed E-state index contributed by atoms with van der Waals surface area (Å²) in [5.41, 5.74) is 0.344. The molecule has 1 rings (SSSR count). The second kappa shape index (κ2) is 7.04. The average Bonchev–Trinajstić information content (AvgIpc) is 2.37. The van der Waals surface area contributed by atoms with Crippen molar-refractivity contribution in [1.29, 1.82) is 0 Å². The maximum Gasteiger partial charge on any atom is 0.338 e. The van der Waals surface area contributed by atoms with Crippen LogP contribution in [0.5, 0.6) is 0 Å². The van der Waals surface area contributed by atoms with Gasteiger partial charge in [0.05, 0.1) is 17.1 Å². The van der Waals surface area contributed by atoms with E-state index in [1.165, 1.54) is 28.6 Å². The maximum atomic E-state index is 12.6. The highest BCUT2D eigenvalue weighted by molar-refractivity contribution is 7.89. The number of carbonyl (C=O) groups excluding carboxylic acids is 1. The standard InChI is InChI=1S/C15H23NO4S/c1-6-20-15(17)13-7-9-14(10-8-13)21(18,19)16(11(2)3)12(4)5/h7-12H,6H2,1-5H3. The van der Waals surface area contributed by atoms with Gasteiger partial charge in [-0.2, -0.15) is 4.31 Å². The molecule has 0 aromatic heterocycles. The summed E-state index contributed by atoms with van der Waals surface area (Å²) in [6.07, 6.45) is 0. The molecule has 0 amide bonds. The molecule has 0 saturated heterocycles. The molecule has 0 bridgehead atoms. The number of benzene rings is 1. The lowest BCUT2D eigenvalue weighted by Gasteiger charge is -2.29. The molecule has 0 aliphatic carbocycles. The molecule has 1 aromatic carbocycles. The molecule has 0 unspecified atom stereocenters. The smallest absolute Gasteiger partial charge is 0.338 e. The molecule has 0 atom stereocenters. The van der Waals surface area contributed by atoms with Gasteiger partial charge in [0.2, 0.25) is 10.0 Å². The van der Waals surface area contributed by atoms with Gasteiger partial charge in [0.25, 0.3) is 0 Å². The third kappa shape index (κ3) is 4.04. The first-order chi connectivity index (χ1) is 9.71. The number of hydrogen-bond acceptors (Lipinski definition) is 4. The summed E-state index contributed by atoms with van der Waals surface area (Å²) < 4.78 is 31.6. The van der Waals surface area contributed by atoms with E-state index in [4.69, 9.17) is 4.74 Å². The molecular weight excluding hydrogens is 290 g/mol. The van der Waals surface area contributed by atoms with Crippen LogP contribution in [0.3, 0.4) is 0 Å². The van der Waals surface area contributed by atoms with Crippen molar-refractivity contribution < 1.29 is 17.9 Å². The Morgan fingerprint density at radius 3 is 1.95 bits per heavy atom. The SMILES string of the molecule is CCOC(=O)c1ccc(S(=O)(=O)N(C(C)C)C(C)C)cc1. The molecular formula is C15H23NO4S. The van der Waals surface area contributed by atoms with Gasteiger partial charge in [-0.25, -0.2) is 13.2 Å². The normalized spacial score (nSPS) is 12.2. The van der Waals surface area contributed by atoms with E-state index in [2.05, 4.69) is 0 Å². The van der Waals surface area contributed by atoms with Crippen LogP contribution in [0.4, 0.5) is 0 Å². The summed E-state index contributed by atoms with van der Waals surface area (Å²) in [4.78, 5) is 11.8. The number of sulfonamides is 1. The first-order valence-corrected chi connectivity index (χ1v) is 8.46. The van der Waals surface area contributed by atoms with Crippen molar-refractivity contribution in [2.75, 3.05) is 6.61 Å². The van der Waals surface area contributed by atoms with Crippen molar-refractivity contribution in [3.05, 3.63) is 29.8 Å². The quantitative estimate of drug-likeness (QED) is 0.757. The number of carbonyl (C=O) groups is 1. The van der Waals surface area contributed by atoms with Gasteiger partial charge in [0.15, 0.2) is 0 Å². The Morgan fingerprint density at radius 1 is 1.10 bits per heavy atom. The minimum Gasteiger partial charge on any atom is -0.462 e. The van der Waals surface area contributed by atoms with Crippen LogP contribution < -0.4 is 0 Å². The number of rotatable bonds is 6. The van der Waals surface area contributed by atoms with Gasteiger partial charge in [-0.15, -0.1) is 0 Å². The van der Waals surface area contributed by atoms with Gasteiger partial charge < -0.3 is 4.74 Å². The van der Waals surface area contributed by atoms with Crippen LogP contribution in [0.1, 0.15) is 45.0 Å². The van der Waals surface area contributed by atoms with Crippen LogP contribution >= 0.6 is 0 Å². The Bertz CT molecular complexity index is 568. The lowest BCUT2D eigenvalue weighted by Crippen LogP contribution is -2.41. The predicted molar refractivity (Wildman–Crippen MR) is 81.7 cm³/mol. The van der Waals surface area contributed by atoms with Crippen LogP contribution in [0.25, 0.3) is 0 Å². The zero-order chi connectivity index (χ0) is 16.2. The zero-order valence-corrected chi connectivity index (χ0v) is 14.0. The van der Waals surface area contributed by atoms with Crippen molar-refractivity contribution >= 4 is 16.0 Å². The van der Waals surface area contributed by atoms with Crippen molar-refractivity contribution in [1.82, 2.24) is 4.31 Å². The molecule has 0 radical (unpaired) electrons. The lowest BCUT2D eigenvalue weighted by molar-refractivity contribution is 0.0526. The predicted octanol–water partition coefficient (Wildman–Crippen LogP) is 2.67. The second-order valence-electron chi connectivity index (χ2n) is 5.27. The summed E-state index contributed by atoms with van der Waals surface area (Å²) in [5, 5.41) is 0. The summed E-state index contributed by atoms with van der Waals surface area (Å²) in [6, 6.07) is 5.56. The fourth-order valence-electron chi connectivity index (χ4n) is 2.25. The molecule has 21 heavy (non-hydrogen) atoms. The molecule has 5 nitrogen and oxygen atoms in total. The Kier molecular flexibility index (Phi) is 5.92. The van der Waals surface area contributed by atoms with E-state index in [1.807, 2.05) is 27.7 Å². The maximum absolute atomic E-state index is 12.6. The Balaban J connectivity index is 3.13. The summed E-state index contributed by atoms with van der Waals surface area (Å²) in [7, 11) is -3.57. The Labute approximate surface area is 127 Å². The number of ether oxygens (including phenoxy) is 1. The number of esters is 1. The van der Waals surface area contributed by atoms with Crippen molar-refractivity contribution in [3.63, 3.8) is 0 Å². The van der Waals surface area contributed by atoms with Gasteiger partial charge in [-0.1, -0.05) is 0 Å². The molecule has 6 heteroatoms.